The SMILES string of the molecule is CCCOc1ccc(C(=O)Oc2ccc(/C=N/NC(=O)COc3cccc(Cl)c3)cc2OC)cc1. The van der Waals surface area contributed by atoms with Gasteiger partial charge in [-0.05, 0) is 72.6 Å². The number of amides is 1. The lowest BCUT2D eigenvalue weighted by Crippen LogP contribution is -2.24. The van der Waals surface area contributed by atoms with Gasteiger partial charge in [-0.15, -0.1) is 0 Å². The summed E-state index contributed by atoms with van der Waals surface area (Å²) < 4.78 is 21.7. The van der Waals surface area contributed by atoms with E-state index in [1.54, 1.807) is 66.7 Å². The van der Waals surface area contributed by atoms with E-state index in [0.29, 0.717) is 40.0 Å². The number of nitrogens with one attached hydrogen (secondary N) is 1. The van der Waals surface area contributed by atoms with Gasteiger partial charge in [0.25, 0.3) is 5.91 Å². The Balaban J connectivity index is 1.54. The molecule has 0 fully saturated rings. The maximum atomic E-state index is 12.5. The van der Waals surface area contributed by atoms with Crippen LogP contribution in [0.2, 0.25) is 5.02 Å². The highest BCUT2D eigenvalue weighted by atomic mass is 35.5. The lowest BCUT2D eigenvalue weighted by molar-refractivity contribution is -0.123. The molecule has 0 aliphatic carbocycles. The Kier molecular flexibility index (Phi) is 9.50. The molecule has 0 atom stereocenters. The van der Waals surface area contributed by atoms with Crippen LogP contribution in [-0.2, 0) is 4.79 Å². The Morgan fingerprint density at radius 2 is 1.77 bits per heavy atom. The standard InChI is InChI=1S/C26H25ClN2O6/c1-3-13-33-21-10-8-19(9-11-21)26(31)35-23-12-7-18(14-24(23)32-2)16-28-29-25(30)17-34-22-6-4-5-20(27)15-22/h4-12,14-16H,3,13,17H2,1-2H3,(H,29,30)/b28-16+. The van der Waals surface area contributed by atoms with E-state index in [1.807, 2.05) is 6.92 Å². The van der Waals surface area contributed by atoms with Crippen LogP contribution in [-0.4, -0.2) is 38.4 Å². The first-order valence-electron chi connectivity index (χ1n) is 10.8. The summed E-state index contributed by atoms with van der Waals surface area (Å²) >= 11 is 5.88. The minimum atomic E-state index is -0.529. The van der Waals surface area contributed by atoms with E-state index in [4.69, 9.17) is 30.5 Å². The van der Waals surface area contributed by atoms with E-state index >= 15 is 0 Å². The van der Waals surface area contributed by atoms with Gasteiger partial charge in [-0.3, -0.25) is 4.79 Å². The third-order valence-corrected chi connectivity index (χ3v) is 4.76. The maximum absolute atomic E-state index is 12.5. The van der Waals surface area contributed by atoms with E-state index in [-0.39, 0.29) is 12.4 Å². The van der Waals surface area contributed by atoms with E-state index < -0.39 is 11.9 Å². The first-order chi connectivity index (χ1) is 17.0. The van der Waals surface area contributed by atoms with Crippen molar-refractivity contribution in [1.29, 1.82) is 0 Å². The van der Waals surface area contributed by atoms with Crippen molar-refractivity contribution >= 4 is 29.7 Å². The van der Waals surface area contributed by atoms with Crippen LogP contribution in [0, 0.1) is 0 Å². The van der Waals surface area contributed by atoms with E-state index in [9.17, 15) is 9.59 Å². The third-order valence-electron chi connectivity index (χ3n) is 4.52. The fraction of sp³-hybridized carbons (Fsp3) is 0.192. The smallest absolute Gasteiger partial charge is 0.343 e. The molecule has 1 amide bonds. The average molecular weight is 497 g/mol. The van der Waals surface area contributed by atoms with Crippen molar-refractivity contribution in [2.75, 3.05) is 20.3 Å². The van der Waals surface area contributed by atoms with Crippen molar-refractivity contribution in [1.82, 2.24) is 5.43 Å². The minimum Gasteiger partial charge on any atom is -0.494 e. The number of benzene rings is 3. The van der Waals surface area contributed by atoms with Crippen LogP contribution < -0.4 is 24.4 Å². The van der Waals surface area contributed by atoms with Crippen molar-refractivity contribution in [2.24, 2.45) is 5.10 Å². The van der Waals surface area contributed by atoms with Crippen LogP contribution in [0.15, 0.2) is 71.8 Å². The quantitative estimate of drug-likeness (QED) is 0.176. The molecule has 0 aliphatic rings. The second-order valence-corrected chi connectivity index (χ2v) is 7.65. The van der Waals surface area contributed by atoms with Gasteiger partial charge in [0.05, 0.1) is 25.5 Å². The molecule has 0 radical (unpaired) electrons. The summed E-state index contributed by atoms with van der Waals surface area (Å²) in [6, 6.07) is 18.3. The molecule has 0 unspecified atom stereocenters. The monoisotopic (exact) mass is 496 g/mol. The number of halogens is 1. The molecule has 0 aliphatic heterocycles. The van der Waals surface area contributed by atoms with Gasteiger partial charge in [0.2, 0.25) is 0 Å². The lowest BCUT2D eigenvalue weighted by atomic mass is 10.2. The first kappa shape index (κ1) is 25.6. The highest BCUT2D eigenvalue weighted by molar-refractivity contribution is 6.30. The van der Waals surface area contributed by atoms with Gasteiger partial charge < -0.3 is 18.9 Å². The molecule has 0 bridgehead atoms. The minimum absolute atomic E-state index is 0.221. The number of hydrogen-bond acceptors (Lipinski definition) is 7. The van der Waals surface area contributed by atoms with Crippen molar-refractivity contribution in [3.63, 3.8) is 0 Å². The van der Waals surface area contributed by atoms with Crippen molar-refractivity contribution in [3.8, 4) is 23.0 Å². The van der Waals surface area contributed by atoms with Crippen LogP contribution >= 0.6 is 11.6 Å². The number of carbonyl (C=O) groups excluding carboxylic acids is 2. The number of hydrazone groups is 1. The topological polar surface area (TPSA) is 95.5 Å². The molecular formula is C26H25ClN2O6. The van der Waals surface area contributed by atoms with Gasteiger partial charge in [-0.1, -0.05) is 24.6 Å². The molecule has 35 heavy (non-hydrogen) atoms. The summed E-state index contributed by atoms with van der Waals surface area (Å²) in [7, 11) is 1.46. The molecule has 0 saturated heterocycles. The Morgan fingerprint density at radius 1 is 0.971 bits per heavy atom. The number of hydrogen-bond donors (Lipinski definition) is 1. The second-order valence-electron chi connectivity index (χ2n) is 7.21. The van der Waals surface area contributed by atoms with Crippen molar-refractivity contribution < 1.29 is 28.5 Å². The predicted octanol–water partition coefficient (Wildman–Crippen LogP) is 4.89. The molecule has 0 spiro atoms. The zero-order chi connectivity index (χ0) is 25.0. The lowest BCUT2D eigenvalue weighted by Gasteiger charge is -2.10. The average Bonchev–Trinajstić information content (AvgIpc) is 2.87. The molecule has 3 aromatic carbocycles. The normalized spacial score (nSPS) is 10.6. The molecule has 182 valence electrons. The van der Waals surface area contributed by atoms with E-state index in [2.05, 4.69) is 10.5 Å². The molecule has 0 heterocycles. The molecular weight excluding hydrogens is 472 g/mol. The highest BCUT2D eigenvalue weighted by Crippen LogP contribution is 2.28. The summed E-state index contributed by atoms with van der Waals surface area (Å²) in [5.41, 5.74) is 3.37. The Hall–Kier alpha value is -4.04. The van der Waals surface area contributed by atoms with Gasteiger partial charge in [0.15, 0.2) is 18.1 Å². The van der Waals surface area contributed by atoms with Gasteiger partial charge >= 0.3 is 5.97 Å². The molecule has 1 N–H and O–H groups in total. The van der Waals surface area contributed by atoms with Crippen LogP contribution in [0.5, 0.6) is 23.0 Å². The molecule has 3 rings (SSSR count). The number of methoxy groups -OCH3 is 1. The number of nitrogens with zero attached hydrogens (tertiary/aromatic N) is 1. The fourth-order valence-corrected chi connectivity index (χ4v) is 3.01. The third kappa shape index (κ3) is 8.04. The molecule has 9 heteroatoms. The largest absolute Gasteiger partial charge is 0.494 e. The van der Waals surface area contributed by atoms with Gasteiger partial charge in [-0.2, -0.15) is 5.10 Å². The number of carbonyl (C=O) groups is 2. The van der Waals surface area contributed by atoms with Crippen molar-refractivity contribution in [2.45, 2.75) is 13.3 Å². The highest BCUT2D eigenvalue weighted by Gasteiger charge is 2.13. The molecule has 0 saturated carbocycles. The summed E-state index contributed by atoms with van der Waals surface area (Å²) in [4.78, 5) is 24.4. The van der Waals surface area contributed by atoms with Crippen LogP contribution in [0.4, 0.5) is 0 Å². The summed E-state index contributed by atoms with van der Waals surface area (Å²) in [5, 5.41) is 4.42. The summed E-state index contributed by atoms with van der Waals surface area (Å²) in [6.45, 7) is 2.41. The zero-order valence-corrected chi connectivity index (χ0v) is 20.1. The van der Waals surface area contributed by atoms with Crippen LogP contribution in [0.1, 0.15) is 29.3 Å². The second kappa shape index (κ2) is 13.0. The van der Waals surface area contributed by atoms with Crippen LogP contribution in [0.25, 0.3) is 0 Å². The molecule has 8 nitrogen and oxygen atoms in total. The number of esters is 1. The van der Waals surface area contributed by atoms with Gasteiger partial charge in [0, 0.05) is 5.02 Å². The van der Waals surface area contributed by atoms with E-state index in [1.165, 1.54) is 13.3 Å². The predicted molar refractivity (Wildman–Crippen MR) is 133 cm³/mol. The Labute approximate surface area is 208 Å². The fourth-order valence-electron chi connectivity index (χ4n) is 2.83. The van der Waals surface area contributed by atoms with Crippen LogP contribution in [0.3, 0.4) is 0 Å². The first-order valence-corrected chi connectivity index (χ1v) is 11.2. The van der Waals surface area contributed by atoms with Crippen molar-refractivity contribution in [3.05, 3.63) is 82.9 Å². The number of ether oxygens (including phenoxy) is 4. The van der Waals surface area contributed by atoms with Gasteiger partial charge in [0.1, 0.15) is 11.5 Å². The Morgan fingerprint density at radius 3 is 2.49 bits per heavy atom. The molecule has 0 aromatic heterocycles. The van der Waals surface area contributed by atoms with E-state index in [0.717, 1.165) is 6.42 Å². The number of rotatable bonds is 11. The van der Waals surface area contributed by atoms with Gasteiger partial charge in [-0.25, -0.2) is 10.2 Å². The molecule has 3 aromatic rings. The Bertz CT molecular complexity index is 1180. The summed E-state index contributed by atoms with van der Waals surface area (Å²) in [5.74, 6) is 0.782. The summed E-state index contributed by atoms with van der Waals surface area (Å²) in [6.07, 6.45) is 2.33. The zero-order valence-electron chi connectivity index (χ0n) is 19.3. The maximum Gasteiger partial charge on any atom is 0.343 e.